The van der Waals surface area contributed by atoms with Gasteiger partial charge in [-0.2, -0.15) is 0 Å². The van der Waals surface area contributed by atoms with Crippen molar-refractivity contribution in [3.63, 3.8) is 0 Å². The third-order valence-electron chi connectivity index (χ3n) is 3.06. The van der Waals surface area contributed by atoms with E-state index in [1.807, 2.05) is 24.3 Å². The van der Waals surface area contributed by atoms with Crippen LogP contribution in [-0.4, -0.2) is 6.54 Å². The van der Waals surface area contributed by atoms with E-state index in [0.717, 1.165) is 30.6 Å². The molecular weight excluding hydrogens is 341 g/mol. The van der Waals surface area contributed by atoms with E-state index in [1.54, 1.807) is 12.1 Å². The van der Waals surface area contributed by atoms with Gasteiger partial charge in [0.15, 0.2) is 0 Å². The van der Waals surface area contributed by atoms with Crippen LogP contribution in [0.1, 0.15) is 18.9 Å². The van der Waals surface area contributed by atoms with Crippen molar-refractivity contribution in [2.45, 2.75) is 19.9 Å². The number of rotatable bonds is 5. The maximum Gasteiger partial charge on any atom is 0.145 e. The van der Waals surface area contributed by atoms with Crippen LogP contribution < -0.4 is 5.32 Å². The molecule has 106 valence electrons. The third kappa shape index (κ3) is 3.60. The zero-order chi connectivity index (χ0) is 14.5. The van der Waals surface area contributed by atoms with Crippen LogP contribution in [-0.2, 0) is 6.54 Å². The normalized spacial score (nSPS) is 10.8. The van der Waals surface area contributed by atoms with Crippen LogP contribution in [0.4, 0.5) is 4.39 Å². The Kier molecular flexibility index (Phi) is 5.58. The zero-order valence-electron chi connectivity index (χ0n) is 11.2. The van der Waals surface area contributed by atoms with Crippen LogP contribution in [0.15, 0.2) is 40.9 Å². The monoisotopic (exact) mass is 355 g/mol. The second-order valence-corrected chi connectivity index (χ2v) is 5.85. The van der Waals surface area contributed by atoms with Crippen molar-refractivity contribution in [3.05, 3.63) is 57.3 Å². The van der Waals surface area contributed by atoms with Gasteiger partial charge in [0, 0.05) is 17.1 Å². The van der Waals surface area contributed by atoms with Crippen molar-refractivity contribution < 1.29 is 4.39 Å². The van der Waals surface area contributed by atoms with Crippen LogP contribution in [0, 0.1) is 5.82 Å². The van der Waals surface area contributed by atoms with Gasteiger partial charge in [-0.1, -0.05) is 42.8 Å². The summed E-state index contributed by atoms with van der Waals surface area (Å²) in [6.07, 6.45) is 1.08. The fourth-order valence-electron chi connectivity index (χ4n) is 1.98. The number of benzene rings is 2. The molecule has 2 rings (SSSR count). The van der Waals surface area contributed by atoms with Crippen molar-refractivity contribution in [2.24, 2.45) is 0 Å². The molecule has 0 fully saturated rings. The zero-order valence-corrected chi connectivity index (χ0v) is 13.6. The lowest BCUT2D eigenvalue weighted by molar-refractivity contribution is 0.624. The van der Waals surface area contributed by atoms with Gasteiger partial charge in [0.05, 0.1) is 4.47 Å². The Morgan fingerprint density at radius 1 is 1.25 bits per heavy atom. The van der Waals surface area contributed by atoms with Crippen LogP contribution in [0.5, 0.6) is 0 Å². The first-order valence-electron chi connectivity index (χ1n) is 6.57. The van der Waals surface area contributed by atoms with Crippen LogP contribution in [0.3, 0.4) is 0 Å². The van der Waals surface area contributed by atoms with Crippen LogP contribution in [0.2, 0.25) is 5.02 Å². The molecule has 2 aromatic carbocycles. The molecule has 2 aromatic rings. The summed E-state index contributed by atoms with van der Waals surface area (Å²) in [5, 5.41) is 3.96. The topological polar surface area (TPSA) is 12.0 Å². The summed E-state index contributed by atoms with van der Waals surface area (Å²) in [5.41, 5.74) is 2.36. The van der Waals surface area contributed by atoms with Gasteiger partial charge in [-0.05, 0) is 52.2 Å². The average molecular weight is 357 g/mol. The van der Waals surface area contributed by atoms with Gasteiger partial charge in [0.25, 0.3) is 0 Å². The molecule has 4 heteroatoms. The smallest absolute Gasteiger partial charge is 0.145 e. The molecular formula is C16H16BrClFN. The molecule has 0 spiro atoms. The lowest BCUT2D eigenvalue weighted by Crippen LogP contribution is -2.13. The minimum atomic E-state index is -0.263. The van der Waals surface area contributed by atoms with Gasteiger partial charge in [0.2, 0.25) is 0 Å². The van der Waals surface area contributed by atoms with E-state index in [0.29, 0.717) is 15.1 Å². The van der Waals surface area contributed by atoms with Gasteiger partial charge in [-0.15, -0.1) is 0 Å². The first-order chi connectivity index (χ1) is 9.63. The molecule has 0 heterocycles. The minimum absolute atomic E-state index is 0.263. The first kappa shape index (κ1) is 15.5. The molecule has 0 saturated heterocycles. The lowest BCUT2D eigenvalue weighted by atomic mass is 10.0. The fourth-order valence-corrected chi connectivity index (χ4v) is 2.60. The molecule has 1 nitrogen and oxygen atoms in total. The van der Waals surface area contributed by atoms with Crippen molar-refractivity contribution in [3.8, 4) is 11.1 Å². The Bertz CT molecular complexity index is 601. The van der Waals surface area contributed by atoms with Crippen LogP contribution in [0.25, 0.3) is 11.1 Å². The minimum Gasteiger partial charge on any atom is -0.313 e. The van der Waals surface area contributed by atoms with E-state index in [2.05, 4.69) is 28.2 Å². The molecule has 0 saturated carbocycles. The Labute approximate surface area is 132 Å². The molecule has 0 aromatic heterocycles. The number of nitrogens with one attached hydrogen (secondary N) is 1. The summed E-state index contributed by atoms with van der Waals surface area (Å²) >= 11 is 9.48. The second-order valence-electron chi connectivity index (χ2n) is 4.58. The van der Waals surface area contributed by atoms with Gasteiger partial charge in [-0.3, -0.25) is 0 Å². The molecule has 0 aliphatic rings. The van der Waals surface area contributed by atoms with Gasteiger partial charge in [0.1, 0.15) is 5.82 Å². The summed E-state index contributed by atoms with van der Waals surface area (Å²) in [5.74, 6) is -0.263. The summed E-state index contributed by atoms with van der Waals surface area (Å²) in [4.78, 5) is 0. The number of hydrogen-bond acceptors (Lipinski definition) is 1. The molecule has 20 heavy (non-hydrogen) atoms. The molecule has 1 N–H and O–H groups in total. The highest BCUT2D eigenvalue weighted by atomic mass is 79.9. The van der Waals surface area contributed by atoms with E-state index in [-0.39, 0.29) is 5.82 Å². The number of hydrogen-bond donors (Lipinski definition) is 1. The molecule has 0 aliphatic carbocycles. The molecule has 0 amide bonds. The summed E-state index contributed by atoms with van der Waals surface area (Å²) in [7, 11) is 0. The highest BCUT2D eigenvalue weighted by Gasteiger charge is 2.10. The maximum atomic E-state index is 14.1. The van der Waals surface area contributed by atoms with Crippen molar-refractivity contribution in [1.29, 1.82) is 0 Å². The van der Waals surface area contributed by atoms with Crippen LogP contribution >= 0.6 is 27.5 Å². The Morgan fingerprint density at radius 2 is 2.05 bits per heavy atom. The largest absolute Gasteiger partial charge is 0.313 e. The highest BCUT2D eigenvalue weighted by molar-refractivity contribution is 9.10. The van der Waals surface area contributed by atoms with Gasteiger partial charge < -0.3 is 5.32 Å². The summed E-state index contributed by atoms with van der Waals surface area (Å²) in [6, 6.07) is 10.9. The third-order valence-corrected chi connectivity index (χ3v) is 4.02. The van der Waals surface area contributed by atoms with E-state index < -0.39 is 0 Å². The first-order valence-corrected chi connectivity index (χ1v) is 7.74. The highest BCUT2D eigenvalue weighted by Crippen LogP contribution is 2.30. The predicted octanol–water partition coefficient (Wildman–Crippen LogP) is 5.41. The molecule has 0 bridgehead atoms. The van der Waals surface area contributed by atoms with Gasteiger partial charge in [-0.25, -0.2) is 4.39 Å². The lowest BCUT2D eigenvalue weighted by Gasteiger charge is -2.09. The molecule has 0 atom stereocenters. The number of halogens is 3. The second kappa shape index (κ2) is 7.21. The SMILES string of the molecule is CCCNCc1ccc(-c2cccc(Br)c2F)cc1Cl. The Morgan fingerprint density at radius 3 is 2.75 bits per heavy atom. The quantitative estimate of drug-likeness (QED) is 0.706. The molecule has 0 radical (unpaired) electrons. The average Bonchev–Trinajstić information content (AvgIpc) is 2.44. The van der Waals surface area contributed by atoms with Crippen molar-refractivity contribution in [1.82, 2.24) is 5.32 Å². The van der Waals surface area contributed by atoms with E-state index in [9.17, 15) is 4.39 Å². The van der Waals surface area contributed by atoms with Crippen molar-refractivity contribution in [2.75, 3.05) is 6.54 Å². The van der Waals surface area contributed by atoms with Crippen molar-refractivity contribution >= 4 is 27.5 Å². The Hall–Kier alpha value is -0.900. The van der Waals surface area contributed by atoms with Gasteiger partial charge >= 0.3 is 0 Å². The fraction of sp³-hybridized carbons (Fsp3) is 0.250. The van der Waals surface area contributed by atoms with E-state index in [4.69, 9.17) is 11.6 Å². The Balaban J connectivity index is 2.26. The molecule has 0 unspecified atom stereocenters. The van der Waals surface area contributed by atoms with E-state index in [1.165, 1.54) is 0 Å². The van der Waals surface area contributed by atoms with E-state index >= 15 is 0 Å². The summed E-state index contributed by atoms with van der Waals surface area (Å²) in [6.45, 7) is 3.81. The molecule has 0 aliphatic heterocycles. The standard InChI is InChI=1S/C16H16BrClFN/c1-2-8-20-10-12-7-6-11(9-15(12)18)13-4-3-5-14(17)16(13)19/h3-7,9,20H,2,8,10H2,1H3. The summed E-state index contributed by atoms with van der Waals surface area (Å²) < 4.78 is 14.5. The maximum absolute atomic E-state index is 14.1. The predicted molar refractivity (Wildman–Crippen MR) is 86.5 cm³/mol.